The summed E-state index contributed by atoms with van der Waals surface area (Å²) in [5.74, 6) is 0.504. The van der Waals surface area contributed by atoms with Crippen LogP contribution in [0.3, 0.4) is 0 Å². The van der Waals surface area contributed by atoms with Crippen molar-refractivity contribution in [1.29, 1.82) is 0 Å². The van der Waals surface area contributed by atoms with Gasteiger partial charge < -0.3 is 10.1 Å². The second kappa shape index (κ2) is 6.89. The second-order valence-electron chi connectivity index (χ2n) is 5.12. The summed E-state index contributed by atoms with van der Waals surface area (Å²) in [6.45, 7) is 3.29. The first kappa shape index (κ1) is 15.8. The molecule has 2 rings (SSSR count). The molecule has 0 aliphatic carbocycles. The van der Waals surface area contributed by atoms with Gasteiger partial charge in [-0.2, -0.15) is 5.10 Å². The maximum Gasteiger partial charge on any atom is 0.272 e. The summed E-state index contributed by atoms with van der Waals surface area (Å²) in [6.07, 6.45) is 2.03. The summed E-state index contributed by atoms with van der Waals surface area (Å²) in [6, 6.07) is 8.78. The molecule has 0 spiro atoms. The van der Waals surface area contributed by atoms with E-state index >= 15 is 0 Å². The van der Waals surface area contributed by atoms with Gasteiger partial charge in [0.05, 0.1) is 12.8 Å². The standard InChI is InChI=1S/C16H19N3O3/c1-11(10-12(2)20)17-16(21)15-8-9-19(18-15)13-4-6-14(22-3)7-5-13/h4-9,11H,10H2,1-3H3,(H,17,21)/t11-/m1/s1. The monoisotopic (exact) mass is 301 g/mol. The van der Waals surface area contributed by atoms with E-state index in [4.69, 9.17) is 4.74 Å². The van der Waals surface area contributed by atoms with Crippen LogP contribution in [0.2, 0.25) is 0 Å². The fourth-order valence-corrected chi connectivity index (χ4v) is 2.10. The van der Waals surface area contributed by atoms with E-state index in [0.29, 0.717) is 12.1 Å². The van der Waals surface area contributed by atoms with Crippen LogP contribution < -0.4 is 10.1 Å². The third-order valence-electron chi connectivity index (χ3n) is 3.13. The van der Waals surface area contributed by atoms with Crippen LogP contribution in [0.5, 0.6) is 5.75 Å². The van der Waals surface area contributed by atoms with Crippen LogP contribution in [-0.4, -0.2) is 34.6 Å². The molecule has 0 fully saturated rings. The third kappa shape index (κ3) is 3.94. The molecule has 1 heterocycles. The largest absolute Gasteiger partial charge is 0.497 e. The second-order valence-corrected chi connectivity index (χ2v) is 5.12. The highest BCUT2D eigenvalue weighted by molar-refractivity contribution is 5.92. The van der Waals surface area contributed by atoms with Crippen LogP contribution in [-0.2, 0) is 4.79 Å². The van der Waals surface area contributed by atoms with Gasteiger partial charge in [0.25, 0.3) is 5.91 Å². The van der Waals surface area contributed by atoms with Crippen molar-refractivity contribution in [3.05, 3.63) is 42.2 Å². The number of carbonyl (C=O) groups excluding carboxylic acids is 2. The predicted octanol–water partition coefficient (Wildman–Crippen LogP) is 1.98. The highest BCUT2D eigenvalue weighted by Gasteiger charge is 2.14. The van der Waals surface area contributed by atoms with Crippen molar-refractivity contribution in [3.8, 4) is 11.4 Å². The fraction of sp³-hybridized carbons (Fsp3) is 0.312. The highest BCUT2D eigenvalue weighted by atomic mass is 16.5. The first-order valence-electron chi connectivity index (χ1n) is 7.00. The number of rotatable bonds is 6. The Bertz CT molecular complexity index is 662. The number of nitrogens with zero attached hydrogens (tertiary/aromatic N) is 2. The topological polar surface area (TPSA) is 73.2 Å². The van der Waals surface area contributed by atoms with Gasteiger partial charge in [-0.05, 0) is 44.2 Å². The molecule has 1 N–H and O–H groups in total. The van der Waals surface area contributed by atoms with Crippen molar-refractivity contribution in [1.82, 2.24) is 15.1 Å². The molecule has 0 bridgehead atoms. The molecule has 0 radical (unpaired) electrons. The van der Waals surface area contributed by atoms with Crippen molar-refractivity contribution < 1.29 is 14.3 Å². The number of ketones is 1. The first-order chi connectivity index (χ1) is 10.5. The van der Waals surface area contributed by atoms with E-state index in [1.165, 1.54) is 6.92 Å². The fourth-order valence-electron chi connectivity index (χ4n) is 2.10. The number of nitrogens with one attached hydrogen (secondary N) is 1. The third-order valence-corrected chi connectivity index (χ3v) is 3.13. The van der Waals surface area contributed by atoms with Crippen molar-refractivity contribution in [3.63, 3.8) is 0 Å². The number of carbonyl (C=O) groups is 2. The molecule has 0 saturated carbocycles. The van der Waals surface area contributed by atoms with Gasteiger partial charge in [-0.25, -0.2) is 4.68 Å². The Balaban J connectivity index is 2.06. The molecule has 1 aromatic carbocycles. The summed E-state index contributed by atoms with van der Waals surface area (Å²) in [5, 5.41) is 7.00. The highest BCUT2D eigenvalue weighted by Crippen LogP contribution is 2.14. The number of methoxy groups -OCH3 is 1. The quantitative estimate of drug-likeness (QED) is 0.885. The lowest BCUT2D eigenvalue weighted by Crippen LogP contribution is -2.34. The minimum absolute atomic E-state index is 0.0385. The van der Waals surface area contributed by atoms with Gasteiger partial charge in [-0.1, -0.05) is 0 Å². The lowest BCUT2D eigenvalue weighted by Gasteiger charge is -2.10. The number of Topliss-reactive ketones (excluding diaryl/α,β-unsaturated/α-hetero) is 1. The first-order valence-corrected chi connectivity index (χ1v) is 7.00. The molecule has 0 saturated heterocycles. The van der Waals surface area contributed by atoms with Crippen molar-refractivity contribution in [2.45, 2.75) is 26.3 Å². The van der Waals surface area contributed by atoms with Crippen LogP contribution in [0, 0.1) is 0 Å². The molecule has 116 valence electrons. The molecule has 1 amide bonds. The van der Waals surface area contributed by atoms with Gasteiger partial charge in [-0.15, -0.1) is 0 Å². The number of amides is 1. The molecule has 22 heavy (non-hydrogen) atoms. The molecule has 6 heteroatoms. The maximum atomic E-state index is 12.1. The number of benzene rings is 1. The zero-order chi connectivity index (χ0) is 16.1. The number of hydrogen-bond acceptors (Lipinski definition) is 4. The van der Waals surface area contributed by atoms with Crippen LogP contribution >= 0.6 is 0 Å². The van der Waals surface area contributed by atoms with Crippen LogP contribution in [0.25, 0.3) is 5.69 Å². The van der Waals surface area contributed by atoms with E-state index < -0.39 is 0 Å². The summed E-state index contributed by atoms with van der Waals surface area (Å²) in [4.78, 5) is 23.1. The Kier molecular flexibility index (Phi) is 4.93. The summed E-state index contributed by atoms with van der Waals surface area (Å²) in [7, 11) is 1.60. The molecule has 1 aromatic heterocycles. The lowest BCUT2D eigenvalue weighted by atomic mass is 10.2. The summed E-state index contributed by atoms with van der Waals surface area (Å²) >= 11 is 0. The van der Waals surface area contributed by atoms with Gasteiger partial charge in [0, 0.05) is 18.7 Å². The average Bonchev–Trinajstić information content (AvgIpc) is 2.96. The molecular formula is C16H19N3O3. The van der Waals surface area contributed by atoms with Crippen molar-refractivity contribution in [2.24, 2.45) is 0 Å². The van der Waals surface area contributed by atoms with Crippen LogP contribution in [0.4, 0.5) is 0 Å². The average molecular weight is 301 g/mol. The van der Waals surface area contributed by atoms with E-state index in [2.05, 4.69) is 10.4 Å². The molecule has 0 unspecified atom stereocenters. The normalized spacial score (nSPS) is 11.8. The molecule has 6 nitrogen and oxygen atoms in total. The zero-order valence-corrected chi connectivity index (χ0v) is 12.9. The van der Waals surface area contributed by atoms with Gasteiger partial charge >= 0.3 is 0 Å². The Morgan fingerprint density at radius 2 is 1.95 bits per heavy atom. The molecule has 1 atom stereocenters. The lowest BCUT2D eigenvalue weighted by molar-refractivity contribution is -0.117. The maximum absolute atomic E-state index is 12.1. The summed E-state index contributed by atoms with van der Waals surface area (Å²) in [5.41, 5.74) is 1.14. The van der Waals surface area contributed by atoms with Gasteiger partial charge in [0.15, 0.2) is 5.69 Å². The molecule has 0 aliphatic rings. The Hall–Kier alpha value is -2.63. The molecule has 2 aromatic rings. The number of hydrogen-bond donors (Lipinski definition) is 1. The Morgan fingerprint density at radius 3 is 2.55 bits per heavy atom. The number of aromatic nitrogens is 2. The van der Waals surface area contributed by atoms with E-state index in [9.17, 15) is 9.59 Å². The van der Waals surface area contributed by atoms with Crippen LogP contribution in [0.15, 0.2) is 36.5 Å². The summed E-state index contributed by atoms with van der Waals surface area (Å²) < 4.78 is 6.72. The van der Waals surface area contributed by atoms with Crippen LogP contribution in [0.1, 0.15) is 30.8 Å². The smallest absolute Gasteiger partial charge is 0.272 e. The van der Waals surface area contributed by atoms with E-state index in [1.54, 1.807) is 31.0 Å². The van der Waals surface area contributed by atoms with Gasteiger partial charge in [-0.3, -0.25) is 9.59 Å². The van der Waals surface area contributed by atoms with E-state index in [-0.39, 0.29) is 17.7 Å². The zero-order valence-electron chi connectivity index (χ0n) is 12.9. The minimum atomic E-state index is -0.291. The van der Waals surface area contributed by atoms with Crippen molar-refractivity contribution in [2.75, 3.05) is 7.11 Å². The SMILES string of the molecule is COc1ccc(-n2ccc(C(=O)N[C@H](C)CC(C)=O)n2)cc1. The van der Waals surface area contributed by atoms with Gasteiger partial charge in [0.1, 0.15) is 11.5 Å². The Labute approximate surface area is 129 Å². The van der Waals surface area contributed by atoms with E-state index in [1.807, 2.05) is 24.3 Å². The predicted molar refractivity (Wildman–Crippen MR) is 82.3 cm³/mol. The van der Waals surface area contributed by atoms with Crippen molar-refractivity contribution >= 4 is 11.7 Å². The molecule has 0 aliphatic heterocycles. The number of ether oxygens (including phenoxy) is 1. The minimum Gasteiger partial charge on any atom is -0.497 e. The van der Waals surface area contributed by atoms with Gasteiger partial charge in [0.2, 0.25) is 0 Å². The van der Waals surface area contributed by atoms with E-state index in [0.717, 1.165) is 11.4 Å². The Morgan fingerprint density at radius 1 is 1.27 bits per heavy atom. The molecular weight excluding hydrogens is 282 g/mol.